The van der Waals surface area contributed by atoms with E-state index in [4.69, 9.17) is 5.26 Å². The maximum atomic E-state index is 12.7. The van der Waals surface area contributed by atoms with Crippen molar-refractivity contribution >= 4 is 5.69 Å². The number of halogens is 3. The van der Waals surface area contributed by atoms with Crippen molar-refractivity contribution in [3.05, 3.63) is 29.8 Å². The quantitative estimate of drug-likeness (QED) is 0.858. The zero-order valence-electron chi connectivity index (χ0n) is 11.9. The molecule has 1 aliphatic rings. The van der Waals surface area contributed by atoms with Crippen LogP contribution in [-0.4, -0.2) is 37.1 Å². The fourth-order valence-electron chi connectivity index (χ4n) is 2.60. The Bertz CT molecular complexity index is 514. The second kappa shape index (κ2) is 6.35. The van der Waals surface area contributed by atoms with E-state index in [0.717, 1.165) is 12.5 Å². The highest BCUT2D eigenvalue weighted by Gasteiger charge is 2.31. The Labute approximate surface area is 122 Å². The first-order valence-corrected chi connectivity index (χ1v) is 7.01. The molecule has 1 heterocycles. The van der Waals surface area contributed by atoms with Gasteiger partial charge in [0.2, 0.25) is 0 Å². The van der Waals surface area contributed by atoms with E-state index in [9.17, 15) is 13.2 Å². The van der Waals surface area contributed by atoms with Crippen LogP contribution in [0.3, 0.4) is 0 Å². The molecule has 1 unspecified atom stereocenters. The zero-order chi connectivity index (χ0) is 15.5. The number of benzene rings is 1. The third-order valence-electron chi connectivity index (χ3n) is 3.83. The molecule has 114 valence electrons. The predicted octanol–water partition coefficient (Wildman–Crippen LogP) is 3.13. The highest BCUT2D eigenvalue weighted by molar-refractivity contribution is 5.49. The molecule has 1 aromatic rings. The maximum absolute atomic E-state index is 12.7. The number of hydrogen-bond acceptors (Lipinski definition) is 3. The van der Waals surface area contributed by atoms with E-state index in [2.05, 4.69) is 11.0 Å². The van der Waals surface area contributed by atoms with Crippen LogP contribution in [0.15, 0.2) is 24.3 Å². The third kappa shape index (κ3) is 3.67. The minimum absolute atomic E-state index is 0.103. The molecule has 0 spiro atoms. The lowest BCUT2D eigenvalue weighted by Gasteiger charge is -2.38. The van der Waals surface area contributed by atoms with Crippen molar-refractivity contribution in [3.8, 4) is 6.07 Å². The van der Waals surface area contributed by atoms with Gasteiger partial charge in [0, 0.05) is 31.9 Å². The molecule has 1 aliphatic heterocycles. The number of rotatable bonds is 3. The van der Waals surface area contributed by atoms with E-state index in [0.29, 0.717) is 31.9 Å². The van der Waals surface area contributed by atoms with Crippen LogP contribution in [0.25, 0.3) is 0 Å². The second-order valence-electron chi connectivity index (χ2n) is 5.12. The predicted molar refractivity (Wildman–Crippen MR) is 74.9 cm³/mol. The summed E-state index contributed by atoms with van der Waals surface area (Å²) in [7, 11) is 0. The number of alkyl halides is 3. The Hall–Kier alpha value is -1.74. The van der Waals surface area contributed by atoms with Gasteiger partial charge in [0.15, 0.2) is 0 Å². The van der Waals surface area contributed by atoms with Crippen molar-refractivity contribution in [2.75, 3.05) is 31.1 Å². The molecule has 1 saturated heterocycles. The lowest BCUT2D eigenvalue weighted by molar-refractivity contribution is -0.137. The van der Waals surface area contributed by atoms with Crippen LogP contribution < -0.4 is 4.90 Å². The smallest absolute Gasteiger partial charge is 0.369 e. The highest BCUT2D eigenvalue weighted by Crippen LogP contribution is 2.31. The van der Waals surface area contributed by atoms with Gasteiger partial charge in [-0.2, -0.15) is 18.4 Å². The molecule has 2 rings (SSSR count). The van der Waals surface area contributed by atoms with Crippen molar-refractivity contribution in [2.24, 2.45) is 0 Å². The number of nitriles is 1. The molecule has 0 aliphatic carbocycles. The molecular weight excluding hydrogens is 279 g/mol. The molecule has 1 atom stereocenters. The van der Waals surface area contributed by atoms with E-state index >= 15 is 0 Å². The van der Waals surface area contributed by atoms with Crippen molar-refractivity contribution in [1.29, 1.82) is 5.26 Å². The summed E-state index contributed by atoms with van der Waals surface area (Å²) in [6, 6.07) is 7.58. The first kappa shape index (κ1) is 15.6. The summed E-state index contributed by atoms with van der Waals surface area (Å²) in [4.78, 5) is 4.03. The average molecular weight is 297 g/mol. The SMILES string of the molecule is CCC(C#N)N1CCN(c2cccc(C(F)(F)F)c2)CC1. The second-order valence-corrected chi connectivity index (χ2v) is 5.12. The van der Waals surface area contributed by atoms with Crippen LogP contribution in [0.1, 0.15) is 18.9 Å². The van der Waals surface area contributed by atoms with E-state index in [1.54, 1.807) is 6.07 Å². The zero-order valence-corrected chi connectivity index (χ0v) is 11.9. The summed E-state index contributed by atoms with van der Waals surface area (Å²) >= 11 is 0. The summed E-state index contributed by atoms with van der Waals surface area (Å²) in [5, 5.41) is 9.06. The van der Waals surface area contributed by atoms with Gasteiger partial charge in [-0.05, 0) is 24.6 Å². The number of nitrogens with zero attached hydrogens (tertiary/aromatic N) is 3. The van der Waals surface area contributed by atoms with Crippen LogP contribution in [0.4, 0.5) is 18.9 Å². The molecule has 0 saturated carbocycles. The first-order chi connectivity index (χ1) is 9.95. The molecule has 1 aromatic carbocycles. The standard InChI is InChI=1S/C15H18F3N3/c1-2-13(11-19)20-6-8-21(9-7-20)14-5-3-4-12(10-14)15(16,17)18/h3-5,10,13H,2,6-9H2,1H3. The fraction of sp³-hybridized carbons (Fsp3) is 0.533. The Morgan fingerprint density at radius 3 is 2.43 bits per heavy atom. The fourth-order valence-corrected chi connectivity index (χ4v) is 2.60. The first-order valence-electron chi connectivity index (χ1n) is 7.01. The van der Waals surface area contributed by atoms with Gasteiger partial charge in [-0.15, -0.1) is 0 Å². The Balaban J connectivity index is 2.04. The summed E-state index contributed by atoms with van der Waals surface area (Å²) < 4.78 is 38.2. The van der Waals surface area contributed by atoms with Gasteiger partial charge >= 0.3 is 6.18 Å². The van der Waals surface area contributed by atoms with Crippen LogP contribution in [-0.2, 0) is 6.18 Å². The van der Waals surface area contributed by atoms with Crippen LogP contribution in [0, 0.1) is 11.3 Å². The minimum atomic E-state index is -4.31. The number of anilines is 1. The van der Waals surface area contributed by atoms with Gasteiger partial charge < -0.3 is 4.90 Å². The van der Waals surface area contributed by atoms with Crippen molar-refractivity contribution in [1.82, 2.24) is 4.90 Å². The lowest BCUT2D eigenvalue weighted by Crippen LogP contribution is -2.50. The summed E-state index contributed by atoms with van der Waals surface area (Å²) in [6.45, 7) is 4.64. The average Bonchev–Trinajstić information content (AvgIpc) is 2.48. The van der Waals surface area contributed by atoms with Crippen molar-refractivity contribution < 1.29 is 13.2 Å². The molecule has 0 aromatic heterocycles. The molecule has 3 nitrogen and oxygen atoms in total. The normalized spacial score (nSPS) is 18.3. The Morgan fingerprint density at radius 2 is 1.90 bits per heavy atom. The van der Waals surface area contributed by atoms with Crippen LogP contribution >= 0.6 is 0 Å². The van der Waals surface area contributed by atoms with E-state index < -0.39 is 11.7 Å². The van der Waals surface area contributed by atoms with Gasteiger partial charge in [-0.1, -0.05) is 13.0 Å². The minimum Gasteiger partial charge on any atom is -0.369 e. The molecule has 21 heavy (non-hydrogen) atoms. The highest BCUT2D eigenvalue weighted by atomic mass is 19.4. The van der Waals surface area contributed by atoms with Crippen LogP contribution in [0.2, 0.25) is 0 Å². The molecule has 0 N–H and O–H groups in total. The van der Waals surface area contributed by atoms with Gasteiger partial charge in [0.25, 0.3) is 0 Å². The largest absolute Gasteiger partial charge is 0.416 e. The van der Waals surface area contributed by atoms with Gasteiger partial charge in [-0.3, -0.25) is 4.90 Å². The van der Waals surface area contributed by atoms with Gasteiger partial charge in [-0.25, -0.2) is 0 Å². The van der Waals surface area contributed by atoms with E-state index in [-0.39, 0.29) is 6.04 Å². The van der Waals surface area contributed by atoms with Crippen molar-refractivity contribution in [2.45, 2.75) is 25.6 Å². The van der Waals surface area contributed by atoms with Crippen molar-refractivity contribution in [3.63, 3.8) is 0 Å². The Morgan fingerprint density at radius 1 is 1.24 bits per heavy atom. The third-order valence-corrected chi connectivity index (χ3v) is 3.83. The molecule has 0 bridgehead atoms. The Kier molecular flexibility index (Phi) is 4.73. The molecule has 0 amide bonds. The summed E-state index contributed by atoms with van der Waals surface area (Å²) in [5.41, 5.74) is -0.0274. The topological polar surface area (TPSA) is 30.3 Å². The van der Waals surface area contributed by atoms with E-state index in [1.165, 1.54) is 12.1 Å². The van der Waals surface area contributed by atoms with Gasteiger partial charge in [0.05, 0.1) is 17.7 Å². The van der Waals surface area contributed by atoms with Crippen LogP contribution in [0.5, 0.6) is 0 Å². The molecule has 6 heteroatoms. The molecule has 1 fully saturated rings. The summed E-state index contributed by atoms with van der Waals surface area (Å²) in [5.74, 6) is 0. The monoisotopic (exact) mass is 297 g/mol. The molecular formula is C15H18F3N3. The van der Waals surface area contributed by atoms with Gasteiger partial charge in [0.1, 0.15) is 0 Å². The van der Waals surface area contributed by atoms with E-state index in [1.807, 2.05) is 11.8 Å². The number of hydrogen-bond donors (Lipinski definition) is 0. The summed E-state index contributed by atoms with van der Waals surface area (Å²) in [6.07, 6.45) is -3.55. The lowest BCUT2D eigenvalue weighted by atomic mass is 10.1. The maximum Gasteiger partial charge on any atom is 0.416 e. The molecule has 0 radical (unpaired) electrons. The number of piperazine rings is 1.